The fraction of sp³-hybridized carbons (Fsp3) is 0.286. The summed E-state index contributed by atoms with van der Waals surface area (Å²) in [6, 6.07) is 26.6. The first kappa shape index (κ1) is 25.5. The van der Waals surface area contributed by atoms with Crippen molar-refractivity contribution in [2.24, 2.45) is 0 Å². The summed E-state index contributed by atoms with van der Waals surface area (Å²) >= 11 is 3.51. The maximum Gasteiger partial charge on any atom is 0.243 e. The number of amides is 2. The maximum atomic E-state index is 13.5. The second kappa shape index (κ2) is 13.6. The van der Waals surface area contributed by atoms with Crippen molar-refractivity contribution in [3.05, 3.63) is 101 Å². The van der Waals surface area contributed by atoms with Crippen LogP contribution in [0, 0.1) is 0 Å². The van der Waals surface area contributed by atoms with Crippen LogP contribution in [0.4, 0.5) is 0 Å². The van der Waals surface area contributed by atoms with Gasteiger partial charge in [0, 0.05) is 30.4 Å². The lowest BCUT2D eigenvalue weighted by molar-refractivity contribution is -0.141. The minimum atomic E-state index is -0.608. The van der Waals surface area contributed by atoms with Crippen molar-refractivity contribution < 1.29 is 14.3 Å². The van der Waals surface area contributed by atoms with Crippen LogP contribution in [0.15, 0.2) is 89.4 Å². The molecule has 3 rings (SSSR count). The average molecular weight is 523 g/mol. The van der Waals surface area contributed by atoms with Crippen molar-refractivity contribution in [1.29, 1.82) is 0 Å². The highest BCUT2D eigenvalue weighted by Crippen LogP contribution is 2.19. The van der Waals surface area contributed by atoms with Crippen LogP contribution in [-0.2, 0) is 22.6 Å². The molecular weight excluding hydrogens is 492 g/mol. The average Bonchev–Trinajstić information content (AvgIpc) is 2.85. The molecule has 1 N–H and O–H groups in total. The van der Waals surface area contributed by atoms with Crippen molar-refractivity contribution in [3.63, 3.8) is 0 Å². The van der Waals surface area contributed by atoms with Crippen molar-refractivity contribution in [3.8, 4) is 5.75 Å². The maximum absolute atomic E-state index is 13.5. The molecule has 0 heterocycles. The van der Waals surface area contributed by atoms with Gasteiger partial charge < -0.3 is 15.0 Å². The highest BCUT2D eigenvalue weighted by Gasteiger charge is 2.29. The van der Waals surface area contributed by atoms with Gasteiger partial charge >= 0.3 is 0 Å². The molecule has 178 valence electrons. The minimum Gasteiger partial charge on any atom is -0.494 e. The van der Waals surface area contributed by atoms with Gasteiger partial charge in [-0.05, 0) is 48.7 Å². The Bertz CT molecular complexity index is 1040. The summed E-state index contributed by atoms with van der Waals surface area (Å²) in [4.78, 5) is 28.3. The number of ether oxygens (including phenoxy) is 1. The first-order valence-electron chi connectivity index (χ1n) is 11.6. The first-order chi connectivity index (χ1) is 16.6. The second-order valence-corrected chi connectivity index (χ2v) is 8.93. The largest absolute Gasteiger partial charge is 0.494 e. The monoisotopic (exact) mass is 522 g/mol. The van der Waals surface area contributed by atoms with E-state index in [-0.39, 0.29) is 11.8 Å². The van der Waals surface area contributed by atoms with Crippen LogP contribution in [0.1, 0.15) is 30.9 Å². The van der Waals surface area contributed by atoms with E-state index in [0.717, 1.165) is 21.3 Å². The van der Waals surface area contributed by atoms with E-state index < -0.39 is 6.04 Å². The fourth-order valence-electron chi connectivity index (χ4n) is 3.75. The molecule has 0 radical (unpaired) electrons. The number of rotatable bonds is 12. The molecule has 0 aromatic heterocycles. The van der Waals surface area contributed by atoms with E-state index >= 15 is 0 Å². The summed E-state index contributed by atoms with van der Waals surface area (Å²) in [6.45, 7) is 3.18. The normalized spacial score (nSPS) is 11.5. The predicted molar refractivity (Wildman–Crippen MR) is 138 cm³/mol. The molecule has 0 saturated carbocycles. The number of halogens is 1. The third-order valence-corrected chi connectivity index (χ3v) is 5.90. The smallest absolute Gasteiger partial charge is 0.243 e. The molecule has 0 aliphatic carbocycles. The summed E-state index contributed by atoms with van der Waals surface area (Å²) in [5, 5.41) is 2.92. The molecule has 3 aromatic rings. The Morgan fingerprint density at radius 2 is 1.62 bits per heavy atom. The number of likely N-dealkylation sites (N-methyl/N-ethyl adjacent to an activating group) is 1. The minimum absolute atomic E-state index is 0.0659. The van der Waals surface area contributed by atoms with E-state index in [0.29, 0.717) is 39.0 Å². The van der Waals surface area contributed by atoms with Gasteiger partial charge in [0.1, 0.15) is 11.8 Å². The van der Waals surface area contributed by atoms with Gasteiger partial charge in [0.25, 0.3) is 0 Å². The molecule has 0 spiro atoms. The van der Waals surface area contributed by atoms with Gasteiger partial charge in [0.2, 0.25) is 11.8 Å². The number of para-hydroxylation sites is 1. The van der Waals surface area contributed by atoms with Crippen LogP contribution in [0.2, 0.25) is 0 Å². The lowest BCUT2D eigenvalue weighted by atomic mass is 10.0. The Hall–Kier alpha value is -3.12. The van der Waals surface area contributed by atoms with Crippen LogP contribution in [0.25, 0.3) is 0 Å². The summed E-state index contributed by atoms with van der Waals surface area (Å²) in [7, 11) is 0. The molecule has 0 fully saturated rings. The third-order valence-electron chi connectivity index (χ3n) is 5.41. The standard InChI is InChI=1S/C28H31BrN2O3/c1-2-30-28(33)26(20-22-11-5-3-6-12-22)31(21-23-13-9-14-24(29)19-23)27(32)17-10-18-34-25-15-7-4-8-16-25/h3-9,11-16,19,26H,2,10,17-18,20-21H2,1H3,(H,30,33)/t26-/m1/s1. The number of carbonyl (C=O) groups is 2. The molecule has 0 aliphatic rings. The van der Waals surface area contributed by atoms with E-state index in [1.165, 1.54) is 0 Å². The molecule has 0 bridgehead atoms. The quantitative estimate of drug-likeness (QED) is 0.324. The Morgan fingerprint density at radius 1 is 0.941 bits per heavy atom. The van der Waals surface area contributed by atoms with E-state index in [4.69, 9.17) is 4.74 Å². The van der Waals surface area contributed by atoms with Gasteiger partial charge in [-0.2, -0.15) is 0 Å². The molecule has 2 amide bonds. The topological polar surface area (TPSA) is 58.6 Å². The lowest BCUT2D eigenvalue weighted by Crippen LogP contribution is -2.50. The van der Waals surface area contributed by atoms with Gasteiger partial charge in [-0.25, -0.2) is 0 Å². The van der Waals surface area contributed by atoms with Gasteiger partial charge in [-0.15, -0.1) is 0 Å². The predicted octanol–water partition coefficient (Wildman–Crippen LogP) is 5.38. The number of benzene rings is 3. The molecular formula is C28H31BrN2O3. The zero-order chi connectivity index (χ0) is 24.2. The number of hydrogen-bond acceptors (Lipinski definition) is 3. The van der Waals surface area contributed by atoms with E-state index in [2.05, 4.69) is 21.2 Å². The van der Waals surface area contributed by atoms with Gasteiger partial charge in [0.05, 0.1) is 6.61 Å². The molecule has 3 aromatic carbocycles. The van der Waals surface area contributed by atoms with Gasteiger partial charge in [-0.1, -0.05) is 76.6 Å². The summed E-state index contributed by atoms with van der Waals surface area (Å²) in [5.41, 5.74) is 1.98. The SMILES string of the molecule is CCNC(=O)[C@@H](Cc1ccccc1)N(Cc1cccc(Br)c1)C(=O)CCCOc1ccccc1. The summed E-state index contributed by atoms with van der Waals surface area (Å²) in [6.07, 6.45) is 1.31. The highest BCUT2D eigenvalue weighted by atomic mass is 79.9. The molecule has 0 unspecified atom stereocenters. The first-order valence-corrected chi connectivity index (χ1v) is 12.4. The zero-order valence-corrected chi connectivity index (χ0v) is 21.0. The van der Waals surface area contributed by atoms with E-state index in [9.17, 15) is 9.59 Å². The second-order valence-electron chi connectivity index (χ2n) is 8.02. The molecule has 34 heavy (non-hydrogen) atoms. The summed E-state index contributed by atoms with van der Waals surface area (Å²) in [5.74, 6) is 0.573. The Kier molecular flexibility index (Phi) is 10.2. The van der Waals surface area contributed by atoms with Crippen molar-refractivity contribution in [2.45, 2.75) is 38.8 Å². The number of nitrogens with zero attached hydrogens (tertiary/aromatic N) is 1. The highest BCUT2D eigenvalue weighted by molar-refractivity contribution is 9.10. The third kappa shape index (κ3) is 8.03. The fourth-order valence-corrected chi connectivity index (χ4v) is 4.20. The Labute approximate surface area is 210 Å². The molecule has 1 atom stereocenters. The molecule has 5 nitrogen and oxygen atoms in total. The van der Waals surface area contributed by atoms with Crippen LogP contribution >= 0.6 is 15.9 Å². The van der Waals surface area contributed by atoms with Crippen LogP contribution in [0.5, 0.6) is 5.75 Å². The zero-order valence-electron chi connectivity index (χ0n) is 19.5. The van der Waals surface area contributed by atoms with E-state index in [1.54, 1.807) is 4.90 Å². The number of nitrogens with one attached hydrogen (secondary N) is 1. The molecule has 6 heteroatoms. The van der Waals surface area contributed by atoms with Gasteiger partial charge in [0.15, 0.2) is 0 Å². The summed E-state index contributed by atoms with van der Waals surface area (Å²) < 4.78 is 6.69. The van der Waals surface area contributed by atoms with Crippen LogP contribution in [-0.4, -0.2) is 35.9 Å². The lowest BCUT2D eigenvalue weighted by Gasteiger charge is -2.31. The Morgan fingerprint density at radius 3 is 2.29 bits per heavy atom. The Balaban J connectivity index is 1.77. The van der Waals surface area contributed by atoms with Gasteiger partial charge in [-0.3, -0.25) is 9.59 Å². The van der Waals surface area contributed by atoms with Crippen molar-refractivity contribution >= 4 is 27.7 Å². The van der Waals surface area contributed by atoms with Crippen molar-refractivity contribution in [1.82, 2.24) is 10.2 Å². The molecule has 0 saturated heterocycles. The van der Waals surface area contributed by atoms with Crippen LogP contribution < -0.4 is 10.1 Å². The van der Waals surface area contributed by atoms with Crippen LogP contribution in [0.3, 0.4) is 0 Å². The number of carbonyl (C=O) groups excluding carboxylic acids is 2. The number of hydrogen-bond donors (Lipinski definition) is 1. The van der Waals surface area contributed by atoms with Crippen molar-refractivity contribution in [2.75, 3.05) is 13.2 Å². The van der Waals surface area contributed by atoms with E-state index in [1.807, 2.05) is 91.9 Å². The molecule has 0 aliphatic heterocycles.